The number of carbonyl (C=O) groups excluding carboxylic acids is 1. The van der Waals surface area contributed by atoms with Crippen LogP contribution in [0, 0.1) is 17.5 Å². The second-order valence-corrected chi connectivity index (χ2v) is 8.20. The number of halogens is 3. The van der Waals surface area contributed by atoms with Crippen molar-refractivity contribution in [2.24, 2.45) is 0 Å². The molecule has 1 fully saturated rings. The summed E-state index contributed by atoms with van der Waals surface area (Å²) in [4.78, 5) is 11.6. The third kappa shape index (κ3) is 4.51. The maximum Gasteiger partial charge on any atom is 0.255 e. The molecule has 0 radical (unpaired) electrons. The molecule has 3 rings (SSSR count). The number of aliphatic hydroxyl groups is 1. The molecule has 2 aromatic carbocycles. The van der Waals surface area contributed by atoms with Crippen molar-refractivity contribution in [2.75, 3.05) is 5.32 Å². The number of sulfonamides is 1. The molecule has 1 amide bonds. The lowest BCUT2D eigenvalue weighted by atomic mass is 10.2. The average molecular weight is 414 g/mol. The van der Waals surface area contributed by atoms with Gasteiger partial charge < -0.3 is 10.4 Å². The summed E-state index contributed by atoms with van der Waals surface area (Å²) in [5.74, 6) is -4.12. The molecule has 0 heterocycles. The van der Waals surface area contributed by atoms with E-state index >= 15 is 0 Å². The van der Waals surface area contributed by atoms with E-state index in [1.807, 2.05) is 0 Å². The van der Waals surface area contributed by atoms with Gasteiger partial charge in [0, 0.05) is 23.4 Å². The molecule has 0 saturated heterocycles. The van der Waals surface area contributed by atoms with Gasteiger partial charge in [0.05, 0.1) is 6.10 Å². The van der Waals surface area contributed by atoms with Crippen molar-refractivity contribution >= 4 is 21.6 Å². The fraction of sp³-hybridized carbons (Fsp3) is 0.278. The van der Waals surface area contributed by atoms with Gasteiger partial charge in [0.15, 0.2) is 11.6 Å². The van der Waals surface area contributed by atoms with Gasteiger partial charge >= 0.3 is 0 Å². The first-order valence-corrected chi connectivity index (χ1v) is 9.90. The molecule has 150 valence electrons. The lowest BCUT2D eigenvalue weighted by Crippen LogP contribution is -2.34. The van der Waals surface area contributed by atoms with Crippen molar-refractivity contribution in [3.8, 4) is 0 Å². The number of hydrogen-bond donors (Lipinski definition) is 3. The minimum Gasteiger partial charge on any atom is -0.393 e. The molecule has 28 heavy (non-hydrogen) atoms. The van der Waals surface area contributed by atoms with Crippen molar-refractivity contribution in [3.63, 3.8) is 0 Å². The Morgan fingerprint density at radius 3 is 2.36 bits per heavy atom. The minimum absolute atomic E-state index is 0.0456. The van der Waals surface area contributed by atoms with Gasteiger partial charge in [0.2, 0.25) is 10.0 Å². The van der Waals surface area contributed by atoms with E-state index in [2.05, 4.69) is 10.0 Å². The van der Waals surface area contributed by atoms with E-state index in [-0.39, 0.29) is 17.7 Å². The van der Waals surface area contributed by atoms with Crippen LogP contribution >= 0.6 is 0 Å². The topological polar surface area (TPSA) is 95.5 Å². The summed E-state index contributed by atoms with van der Waals surface area (Å²) in [6.07, 6.45) is 0.452. The van der Waals surface area contributed by atoms with E-state index in [1.54, 1.807) is 0 Å². The Bertz CT molecular complexity index is 1010. The zero-order valence-electron chi connectivity index (χ0n) is 14.5. The van der Waals surface area contributed by atoms with Crippen molar-refractivity contribution in [2.45, 2.75) is 36.3 Å². The molecule has 1 aliphatic carbocycles. The molecule has 3 N–H and O–H groups in total. The maximum atomic E-state index is 14.1. The first-order valence-electron chi connectivity index (χ1n) is 8.42. The number of amides is 1. The second kappa shape index (κ2) is 7.90. The van der Waals surface area contributed by atoms with Gasteiger partial charge in [-0.3, -0.25) is 4.79 Å². The van der Waals surface area contributed by atoms with Crippen LogP contribution in [-0.2, 0) is 10.0 Å². The molecule has 0 aromatic heterocycles. The molecule has 1 aliphatic rings. The molecule has 2 unspecified atom stereocenters. The fourth-order valence-corrected chi connectivity index (χ4v) is 4.36. The lowest BCUT2D eigenvalue weighted by Gasteiger charge is -2.14. The summed E-state index contributed by atoms with van der Waals surface area (Å²) in [7, 11) is -4.26. The summed E-state index contributed by atoms with van der Waals surface area (Å²) in [6.45, 7) is 0. The number of rotatable bonds is 5. The summed E-state index contributed by atoms with van der Waals surface area (Å²) in [5.41, 5.74) is -0.228. The molecule has 0 spiro atoms. The largest absolute Gasteiger partial charge is 0.393 e. The van der Waals surface area contributed by atoms with E-state index in [0.29, 0.717) is 12.8 Å². The van der Waals surface area contributed by atoms with Gasteiger partial charge in [0.1, 0.15) is 10.7 Å². The monoisotopic (exact) mass is 414 g/mol. The van der Waals surface area contributed by atoms with E-state index < -0.39 is 50.4 Å². The van der Waals surface area contributed by atoms with E-state index in [4.69, 9.17) is 0 Å². The van der Waals surface area contributed by atoms with Gasteiger partial charge in [-0.25, -0.2) is 26.3 Å². The van der Waals surface area contributed by atoms with Crippen LogP contribution in [0.5, 0.6) is 0 Å². The Hall–Kier alpha value is -2.43. The van der Waals surface area contributed by atoms with Gasteiger partial charge in [-0.2, -0.15) is 0 Å². The number of anilines is 1. The van der Waals surface area contributed by atoms with Crippen LogP contribution in [0.2, 0.25) is 0 Å². The second-order valence-electron chi connectivity index (χ2n) is 6.51. The molecule has 2 aromatic rings. The molecular formula is C18H17F3N2O4S. The summed E-state index contributed by atoms with van der Waals surface area (Å²) in [6, 6.07) is 4.95. The number of aliphatic hydroxyl groups excluding tert-OH is 1. The zero-order chi connectivity index (χ0) is 20.5. The number of benzene rings is 2. The first kappa shape index (κ1) is 20.3. The lowest BCUT2D eigenvalue weighted by molar-refractivity contribution is 0.102. The Labute approximate surface area is 159 Å². The molecule has 10 heteroatoms. The van der Waals surface area contributed by atoms with Gasteiger partial charge in [-0.05, 0) is 49.6 Å². The van der Waals surface area contributed by atoms with Crippen molar-refractivity contribution < 1.29 is 31.5 Å². The number of carbonyl (C=O) groups is 1. The Kier molecular flexibility index (Phi) is 5.73. The molecule has 2 atom stereocenters. The quantitative estimate of drug-likeness (QED) is 0.701. The summed E-state index contributed by atoms with van der Waals surface area (Å²) >= 11 is 0. The normalized spacial score (nSPS) is 19.6. The third-order valence-electron chi connectivity index (χ3n) is 4.39. The fourth-order valence-electron chi connectivity index (χ4n) is 2.98. The Morgan fingerprint density at radius 1 is 1.00 bits per heavy atom. The van der Waals surface area contributed by atoms with Crippen molar-refractivity contribution in [1.29, 1.82) is 0 Å². The minimum atomic E-state index is -4.26. The van der Waals surface area contributed by atoms with Crippen LogP contribution in [0.4, 0.5) is 18.9 Å². The molecular weight excluding hydrogens is 397 g/mol. The van der Waals surface area contributed by atoms with E-state index in [0.717, 1.165) is 36.4 Å². The standard InChI is InChI=1S/C18H17F3N2O4S/c19-14-6-3-11(9-16(14)21)22-18(25)10-1-5-15(20)17(7-10)28(26,27)23-12-2-4-13(24)8-12/h1,3,5-7,9,12-13,23-24H,2,4,8H2,(H,22,25). The zero-order valence-corrected chi connectivity index (χ0v) is 15.3. The van der Waals surface area contributed by atoms with Crippen LogP contribution in [0.1, 0.15) is 29.6 Å². The highest BCUT2D eigenvalue weighted by molar-refractivity contribution is 7.89. The van der Waals surface area contributed by atoms with E-state index in [1.165, 1.54) is 0 Å². The third-order valence-corrected chi connectivity index (χ3v) is 5.92. The maximum absolute atomic E-state index is 14.1. The average Bonchev–Trinajstić information content (AvgIpc) is 3.02. The van der Waals surface area contributed by atoms with Gasteiger partial charge in [-0.1, -0.05) is 0 Å². The Morgan fingerprint density at radius 2 is 1.71 bits per heavy atom. The summed E-state index contributed by atoms with van der Waals surface area (Å²) < 4.78 is 67.6. The highest BCUT2D eigenvalue weighted by Crippen LogP contribution is 2.23. The number of nitrogens with one attached hydrogen (secondary N) is 2. The Balaban J connectivity index is 1.82. The van der Waals surface area contributed by atoms with Crippen LogP contribution in [-0.4, -0.2) is 31.6 Å². The first-order chi connectivity index (χ1) is 13.2. The molecule has 0 bridgehead atoms. The van der Waals surface area contributed by atoms with Crippen molar-refractivity contribution in [3.05, 3.63) is 59.4 Å². The van der Waals surface area contributed by atoms with Gasteiger partial charge in [-0.15, -0.1) is 0 Å². The van der Waals surface area contributed by atoms with Crippen molar-refractivity contribution in [1.82, 2.24) is 4.72 Å². The van der Waals surface area contributed by atoms with Crippen LogP contribution in [0.15, 0.2) is 41.3 Å². The highest BCUT2D eigenvalue weighted by Gasteiger charge is 2.29. The summed E-state index contributed by atoms with van der Waals surface area (Å²) in [5, 5.41) is 11.8. The number of hydrogen-bond acceptors (Lipinski definition) is 4. The van der Waals surface area contributed by atoms with E-state index in [9.17, 15) is 31.5 Å². The predicted octanol–water partition coefficient (Wildman–Crippen LogP) is 2.55. The highest BCUT2D eigenvalue weighted by atomic mass is 32.2. The molecule has 1 saturated carbocycles. The molecule has 0 aliphatic heterocycles. The predicted molar refractivity (Wildman–Crippen MR) is 94.7 cm³/mol. The smallest absolute Gasteiger partial charge is 0.255 e. The van der Waals surface area contributed by atoms with Crippen LogP contribution < -0.4 is 10.0 Å². The van der Waals surface area contributed by atoms with Gasteiger partial charge in [0.25, 0.3) is 5.91 Å². The van der Waals surface area contributed by atoms with Crippen LogP contribution in [0.25, 0.3) is 0 Å². The molecule has 6 nitrogen and oxygen atoms in total. The van der Waals surface area contributed by atoms with Crippen LogP contribution in [0.3, 0.4) is 0 Å². The SMILES string of the molecule is O=C(Nc1ccc(F)c(F)c1)c1ccc(F)c(S(=O)(=O)NC2CCC(O)C2)c1.